The van der Waals surface area contributed by atoms with Crippen LogP contribution in [0.3, 0.4) is 0 Å². The fraction of sp³-hybridized carbons (Fsp3) is 0.615. The van der Waals surface area contributed by atoms with Crippen molar-refractivity contribution >= 4 is 17.6 Å². The van der Waals surface area contributed by atoms with Gasteiger partial charge in [-0.15, -0.1) is 0 Å². The smallest absolute Gasteiger partial charge is 0.131 e. The molecule has 0 aliphatic carbocycles. The Morgan fingerprint density at radius 1 is 1.41 bits per heavy atom. The maximum Gasteiger partial charge on any atom is 0.131 e. The second-order valence-electron chi connectivity index (χ2n) is 4.69. The molecule has 0 amide bonds. The SMILES string of the molecule is CC1CN(c2ncccc2CCN)CC(C)S1. The molecule has 2 rings (SSSR count). The minimum Gasteiger partial charge on any atom is -0.354 e. The molecule has 4 heteroatoms. The van der Waals surface area contributed by atoms with E-state index >= 15 is 0 Å². The van der Waals surface area contributed by atoms with Crippen LogP contribution in [0.1, 0.15) is 19.4 Å². The van der Waals surface area contributed by atoms with Crippen molar-refractivity contribution in [2.75, 3.05) is 24.5 Å². The van der Waals surface area contributed by atoms with Gasteiger partial charge in [0.25, 0.3) is 0 Å². The van der Waals surface area contributed by atoms with E-state index in [9.17, 15) is 0 Å². The van der Waals surface area contributed by atoms with Crippen LogP contribution in [-0.4, -0.2) is 35.1 Å². The third-order valence-corrected chi connectivity index (χ3v) is 4.23. The quantitative estimate of drug-likeness (QED) is 0.891. The number of thioether (sulfide) groups is 1. The Kier molecular flexibility index (Phi) is 4.29. The maximum atomic E-state index is 5.66. The average Bonchev–Trinajstić information content (AvgIpc) is 2.29. The van der Waals surface area contributed by atoms with Gasteiger partial charge < -0.3 is 10.6 Å². The van der Waals surface area contributed by atoms with Crippen LogP contribution in [0.2, 0.25) is 0 Å². The van der Waals surface area contributed by atoms with Crippen molar-refractivity contribution in [2.45, 2.75) is 30.8 Å². The monoisotopic (exact) mass is 251 g/mol. The molecule has 1 aromatic heterocycles. The Bertz CT molecular complexity index is 359. The summed E-state index contributed by atoms with van der Waals surface area (Å²) in [4.78, 5) is 6.96. The number of hydrogen-bond acceptors (Lipinski definition) is 4. The molecule has 1 aromatic rings. The van der Waals surface area contributed by atoms with Crippen molar-refractivity contribution in [2.24, 2.45) is 5.73 Å². The van der Waals surface area contributed by atoms with Crippen LogP contribution in [0.4, 0.5) is 5.82 Å². The molecule has 2 atom stereocenters. The van der Waals surface area contributed by atoms with E-state index in [-0.39, 0.29) is 0 Å². The summed E-state index contributed by atoms with van der Waals surface area (Å²) < 4.78 is 0. The van der Waals surface area contributed by atoms with E-state index in [0.717, 1.165) is 25.3 Å². The molecular formula is C13H21N3S. The highest BCUT2D eigenvalue weighted by Crippen LogP contribution is 2.29. The van der Waals surface area contributed by atoms with Gasteiger partial charge in [-0.1, -0.05) is 19.9 Å². The Hall–Kier alpha value is -0.740. The number of pyridine rings is 1. The summed E-state index contributed by atoms with van der Waals surface area (Å²) in [6, 6.07) is 4.15. The first-order valence-corrected chi connectivity index (χ1v) is 7.19. The van der Waals surface area contributed by atoms with E-state index in [1.807, 2.05) is 12.3 Å². The topological polar surface area (TPSA) is 42.2 Å². The molecule has 1 aliphatic rings. The van der Waals surface area contributed by atoms with Crippen LogP contribution in [0.25, 0.3) is 0 Å². The van der Waals surface area contributed by atoms with Crippen LogP contribution in [0, 0.1) is 0 Å². The Balaban J connectivity index is 2.20. The van der Waals surface area contributed by atoms with Crippen LogP contribution in [0.5, 0.6) is 0 Å². The number of nitrogens with zero attached hydrogens (tertiary/aromatic N) is 2. The zero-order valence-electron chi connectivity index (χ0n) is 10.6. The van der Waals surface area contributed by atoms with Gasteiger partial charge in [0.2, 0.25) is 0 Å². The molecule has 0 aromatic carbocycles. The van der Waals surface area contributed by atoms with Crippen LogP contribution in [-0.2, 0) is 6.42 Å². The van der Waals surface area contributed by atoms with Gasteiger partial charge in [0.05, 0.1) is 0 Å². The summed E-state index contributed by atoms with van der Waals surface area (Å²) in [6.45, 7) is 7.44. The minimum atomic E-state index is 0.673. The molecule has 0 spiro atoms. The predicted molar refractivity (Wildman–Crippen MR) is 75.7 cm³/mol. The second-order valence-corrected chi connectivity index (χ2v) is 6.57. The van der Waals surface area contributed by atoms with Crippen molar-refractivity contribution in [3.05, 3.63) is 23.9 Å². The fourth-order valence-corrected chi connectivity index (χ4v) is 3.74. The van der Waals surface area contributed by atoms with E-state index in [0.29, 0.717) is 17.0 Å². The van der Waals surface area contributed by atoms with Gasteiger partial charge >= 0.3 is 0 Å². The minimum absolute atomic E-state index is 0.673. The maximum absolute atomic E-state index is 5.66. The lowest BCUT2D eigenvalue weighted by Crippen LogP contribution is -2.41. The van der Waals surface area contributed by atoms with Crippen LogP contribution < -0.4 is 10.6 Å². The number of hydrogen-bond donors (Lipinski definition) is 1. The molecule has 1 saturated heterocycles. The van der Waals surface area contributed by atoms with Crippen molar-refractivity contribution in [3.63, 3.8) is 0 Å². The van der Waals surface area contributed by atoms with E-state index in [1.165, 1.54) is 5.56 Å². The molecule has 17 heavy (non-hydrogen) atoms. The molecule has 0 radical (unpaired) electrons. The second kappa shape index (κ2) is 5.74. The van der Waals surface area contributed by atoms with Gasteiger partial charge in [-0.05, 0) is 24.6 Å². The molecule has 1 aliphatic heterocycles. The van der Waals surface area contributed by atoms with Gasteiger partial charge in [-0.2, -0.15) is 11.8 Å². The van der Waals surface area contributed by atoms with E-state index in [4.69, 9.17) is 5.73 Å². The zero-order chi connectivity index (χ0) is 12.3. The Morgan fingerprint density at radius 3 is 2.76 bits per heavy atom. The molecule has 0 saturated carbocycles. The fourth-order valence-electron chi connectivity index (χ4n) is 2.42. The lowest BCUT2D eigenvalue weighted by atomic mass is 10.1. The molecule has 1 fully saturated rings. The van der Waals surface area contributed by atoms with Gasteiger partial charge in [0.1, 0.15) is 5.82 Å². The molecule has 0 bridgehead atoms. The standard InChI is InChI=1S/C13H21N3S/c1-10-8-16(9-11(2)17-10)13-12(5-6-14)4-3-7-15-13/h3-4,7,10-11H,5-6,8-9,14H2,1-2H3. The molecule has 2 unspecified atom stereocenters. The molecule has 2 heterocycles. The van der Waals surface area contributed by atoms with Gasteiger partial charge in [0.15, 0.2) is 0 Å². The summed E-state index contributed by atoms with van der Waals surface area (Å²) in [5.41, 5.74) is 6.94. The van der Waals surface area contributed by atoms with Crippen molar-refractivity contribution in [1.29, 1.82) is 0 Å². The van der Waals surface area contributed by atoms with Crippen molar-refractivity contribution < 1.29 is 0 Å². The van der Waals surface area contributed by atoms with Crippen molar-refractivity contribution in [1.82, 2.24) is 4.98 Å². The summed E-state index contributed by atoms with van der Waals surface area (Å²) in [5.74, 6) is 1.14. The summed E-state index contributed by atoms with van der Waals surface area (Å²) in [6.07, 6.45) is 2.79. The van der Waals surface area contributed by atoms with Crippen molar-refractivity contribution in [3.8, 4) is 0 Å². The summed E-state index contributed by atoms with van der Waals surface area (Å²) in [7, 11) is 0. The molecule has 2 N–H and O–H groups in total. The Morgan fingerprint density at radius 2 is 2.12 bits per heavy atom. The third-order valence-electron chi connectivity index (χ3n) is 3.00. The highest BCUT2D eigenvalue weighted by atomic mass is 32.2. The number of anilines is 1. The lowest BCUT2D eigenvalue weighted by molar-refractivity contribution is 0.712. The van der Waals surface area contributed by atoms with Gasteiger partial charge in [0, 0.05) is 29.8 Å². The summed E-state index contributed by atoms with van der Waals surface area (Å²) >= 11 is 2.06. The molecule has 94 valence electrons. The average molecular weight is 251 g/mol. The first-order chi connectivity index (χ1) is 8.20. The number of aromatic nitrogens is 1. The normalized spacial score (nSPS) is 25.0. The number of rotatable bonds is 3. The van der Waals surface area contributed by atoms with Crippen LogP contribution >= 0.6 is 11.8 Å². The summed E-state index contributed by atoms with van der Waals surface area (Å²) in [5, 5.41) is 1.35. The van der Waals surface area contributed by atoms with Crippen LogP contribution in [0.15, 0.2) is 18.3 Å². The Labute approximate surface area is 108 Å². The van der Waals surface area contributed by atoms with E-state index in [2.05, 4.69) is 41.6 Å². The predicted octanol–water partition coefficient (Wildman–Crippen LogP) is 1.91. The first kappa shape index (κ1) is 12.7. The lowest BCUT2D eigenvalue weighted by Gasteiger charge is -2.36. The van der Waals surface area contributed by atoms with Gasteiger partial charge in [-0.25, -0.2) is 4.98 Å². The first-order valence-electron chi connectivity index (χ1n) is 6.25. The third kappa shape index (κ3) is 3.13. The highest BCUT2D eigenvalue weighted by molar-refractivity contribution is 8.00. The molecular weight excluding hydrogens is 230 g/mol. The highest BCUT2D eigenvalue weighted by Gasteiger charge is 2.24. The number of nitrogens with two attached hydrogens (primary N) is 1. The largest absolute Gasteiger partial charge is 0.354 e. The zero-order valence-corrected chi connectivity index (χ0v) is 11.4. The van der Waals surface area contributed by atoms with E-state index < -0.39 is 0 Å². The molecule has 3 nitrogen and oxygen atoms in total. The van der Waals surface area contributed by atoms with E-state index in [1.54, 1.807) is 0 Å². The van der Waals surface area contributed by atoms with Gasteiger partial charge in [-0.3, -0.25) is 0 Å².